The Morgan fingerprint density at radius 2 is 1.97 bits per heavy atom. The number of aromatic amines is 1. The van der Waals surface area contributed by atoms with Crippen LogP contribution in [0.1, 0.15) is 29.2 Å². The quantitative estimate of drug-likeness (QED) is 0.650. The second-order valence-corrected chi connectivity index (χ2v) is 9.11. The van der Waals surface area contributed by atoms with Crippen LogP contribution in [0.2, 0.25) is 0 Å². The number of amides is 2. The first-order valence-corrected chi connectivity index (χ1v) is 11.4. The van der Waals surface area contributed by atoms with Crippen LogP contribution in [0.15, 0.2) is 42.6 Å². The van der Waals surface area contributed by atoms with E-state index in [0.29, 0.717) is 38.2 Å². The third kappa shape index (κ3) is 3.30. The number of hydrogen-bond acceptors (Lipinski definition) is 6. The number of benzene rings is 1. The van der Waals surface area contributed by atoms with Crippen molar-refractivity contribution in [3.63, 3.8) is 0 Å². The standard InChI is InChI=1S/C24H26N6O3/c1-16-25-9-6-21(26-16)28-10-7-24(8-11-28)20-15-29(12-13-30(20)23(32)33-24)22(31)19-14-17-4-2-3-5-18(17)27-19/h2-6,9,14,20,27H,7-8,10-13,15H2,1H3. The van der Waals surface area contributed by atoms with Gasteiger partial charge in [-0.2, -0.15) is 0 Å². The second kappa shape index (κ2) is 7.47. The van der Waals surface area contributed by atoms with Crippen LogP contribution in [0.25, 0.3) is 10.9 Å². The van der Waals surface area contributed by atoms with E-state index in [1.165, 1.54) is 0 Å². The Bertz CT molecular complexity index is 1200. The molecule has 9 nitrogen and oxygen atoms in total. The Kier molecular flexibility index (Phi) is 4.53. The van der Waals surface area contributed by atoms with Crippen molar-refractivity contribution in [2.24, 2.45) is 0 Å². The molecule has 1 atom stereocenters. The number of carbonyl (C=O) groups is 2. The smallest absolute Gasteiger partial charge is 0.410 e. The number of aromatic nitrogens is 3. The molecule has 0 bridgehead atoms. The normalized spacial score (nSPS) is 22.0. The average molecular weight is 447 g/mol. The van der Waals surface area contributed by atoms with Gasteiger partial charge in [0.25, 0.3) is 5.91 Å². The van der Waals surface area contributed by atoms with Gasteiger partial charge >= 0.3 is 6.09 Å². The maximum atomic E-state index is 13.3. The van der Waals surface area contributed by atoms with E-state index in [4.69, 9.17) is 4.74 Å². The summed E-state index contributed by atoms with van der Waals surface area (Å²) in [5.74, 6) is 1.61. The summed E-state index contributed by atoms with van der Waals surface area (Å²) in [6.45, 7) is 4.83. The SMILES string of the molecule is Cc1nccc(N2CCC3(CC2)OC(=O)N2CCN(C(=O)c4cc5ccccc5[nH]4)CC23)n1. The lowest BCUT2D eigenvalue weighted by Gasteiger charge is -2.45. The molecule has 0 radical (unpaired) electrons. The number of carbonyl (C=O) groups excluding carboxylic acids is 2. The van der Waals surface area contributed by atoms with Gasteiger partial charge in [0.15, 0.2) is 0 Å². The predicted octanol–water partition coefficient (Wildman–Crippen LogP) is 2.58. The van der Waals surface area contributed by atoms with E-state index in [2.05, 4.69) is 19.9 Å². The molecule has 2 amide bonds. The van der Waals surface area contributed by atoms with Crippen molar-refractivity contribution < 1.29 is 14.3 Å². The van der Waals surface area contributed by atoms with Gasteiger partial charge in [-0.05, 0) is 25.1 Å². The maximum absolute atomic E-state index is 13.3. The molecule has 1 unspecified atom stereocenters. The molecule has 1 aromatic carbocycles. The molecular weight excluding hydrogens is 420 g/mol. The number of para-hydroxylation sites is 1. The van der Waals surface area contributed by atoms with Crippen molar-refractivity contribution in [1.29, 1.82) is 0 Å². The summed E-state index contributed by atoms with van der Waals surface area (Å²) >= 11 is 0. The monoisotopic (exact) mass is 446 g/mol. The number of anilines is 1. The summed E-state index contributed by atoms with van der Waals surface area (Å²) in [6.07, 6.45) is 2.92. The van der Waals surface area contributed by atoms with Gasteiger partial charge in [-0.25, -0.2) is 14.8 Å². The first-order chi connectivity index (χ1) is 16.0. The molecule has 3 fully saturated rings. The molecule has 1 N–H and O–H groups in total. The zero-order valence-electron chi connectivity index (χ0n) is 18.5. The number of nitrogens with zero attached hydrogens (tertiary/aromatic N) is 5. The van der Waals surface area contributed by atoms with Crippen molar-refractivity contribution in [1.82, 2.24) is 24.8 Å². The fourth-order valence-corrected chi connectivity index (χ4v) is 5.47. The van der Waals surface area contributed by atoms with Gasteiger partial charge in [0, 0.05) is 62.7 Å². The van der Waals surface area contributed by atoms with Crippen LogP contribution in [-0.4, -0.2) is 81.1 Å². The van der Waals surface area contributed by atoms with Gasteiger partial charge in [-0.3, -0.25) is 9.69 Å². The maximum Gasteiger partial charge on any atom is 0.410 e. The van der Waals surface area contributed by atoms with Crippen LogP contribution in [0.4, 0.5) is 10.6 Å². The Balaban J connectivity index is 1.20. The van der Waals surface area contributed by atoms with Crippen molar-refractivity contribution in [3.8, 4) is 0 Å². The minimum absolute atomic E-state index is 0.0331. The van der Waals surface area contributed by atoms with E-state index in [-0.39, 0.29) is 18.0 Å². The van der Waals surface area contributed by atoms with Gasteiger partial charge in [0.2, 0.25) is 0 Å². The van der Waals surface area contributed by atoms with Crippen LogP contribution in [0.3, 0.4) is 0 Å². The summed E-state index contributed by atoms with van der Waals surface area (Å²) in [7, 11) is 0. The van der Waals surface area contributed by atoms with Crippen LogP contribution < -0.4 is 4.90 Å². The van der Waals surface area contributed by atoms with E-state index in [1.807, 2.05) is 53.1 Å². The lowest BCUT2D eigenvalue weighted by atomic mass is 9.83. The van der Waals surface area contributed by atoms with Gasteiger partial charge in [0.05, 0.1) is 6.04 Å². The lowest BCUT2D eigenvalue weighted by Crippen LogP contribution is -2.61. The number of fused-ring (bicyclic) bond motifs is 3. The fraction of sp³-hybridized carbons (Fsp3) is 0.417. The number of aryl methyl sites for hydroxylation is 1. The molecule has 3 aliphatic heterocycles. The minimum Gasteiger partial charge on any atom is -0.440 e. The molecule has 5 heterocycles. The molecule has 6 rings (SSSR count). The van der Waals surface area contributed by atoms with Crippen molar-refractivity contribution in [3.05, 3.63) is 54.1 Å². The van der Waals surface area contributed by atoms with Crippen molar-refractivity contribution in [2.45, 2.75) is 31.4 Å². The molecule has 170 valence electrons. The summed E-state index contributed by atoms with van der Waals surface area (Å²) in [6, 6.07) is 11.6. The number of hydrogen-bond donors (Lipinski definition) is 1. The first kappa shape index (κ1) is 20.0. The second-order valence-electron chi connectivity index (χ2n) is 9.11. The highest BCUT2D eigenvalue weighted by Crippen LogP contribution is 2.41. The average Bonchev–Trinajstić information content (AvgIpc) is 3.38. The van der Waals surface area contributed by atoms with Crippen LogP contribution in [-0.2, 0) is 4.74 Å². The first-order valence-electron chi connectivity index (χ1n) is 11.4. The molecule has 0 aliphatic carbocycles. The molecule has 1 spiro atoms. The van der Waals surface area contributed by atoms with E-state index >= 15 is 0 Å². The van der Waals surface area contributed by atoms with Crippen LogP contribution >= 0.6 is 0 Å². The zero-order chi connectivity index (χ0) is 22.6. The number of ether oxygens (including phenoxy) is 1. The summed E-state index contributed by atoms with van der Waals surface area (Å²) in [5, 5.41) is 1.02. The van der Waals surface area contributed by atoms with Gasteiger partial charge < -0.3 is 19.5 Å². The number of H-pyrrole nitrogens is 1. The van der Waals surface area contributed by atoms with Gasteiger partial charge in [-0.15, -0.1) is 0 Å². The Morgan fingerprint density at radius 1 is 1.15 bits per heavy atom. The van der Waals surface area contributed by atoms with Crippen LogP contribution in [0.5, 0.6) is 0 Å². The van der Waals surface area contributed by atoms with Crippen molar-refractivity contribution in [2.75, 3.05) is 37.6 Å². The third-order valence-electron chi connectivity index (χ3n) is 7.26. The minimum atomic E-state index is -0.574. The molecule has 9 heteroatoms. The fourth-order valence-electron chi connectivity index (χ4n) is 5.47. The molecule has 2 aromatic heterocycles. The van der Waals surface area contributed by atoms with E-state index < -0.39 is 5.60 Å². The molecule has 3 aromatic rings. The zero-order valence-corrected chi connectivity index (χ0v) is 18.5. The third-order valence-corrected chi connectivity index (χ3v) is 7.26. The lowest BCUT2D eigenvalue weighted by molar-refractivity contribution is -0.00328. The number of piperazine rings is 1. The topological polar surface area (TPSA) is 94.7 Å². The molecule has 0 saturated carbocycles. The predicted molar refractivity (Wildman–Crippen MR) is 122 cm³/mol. The van der Waals surface area contributed by atoms with E-state index in [0.717, 1.165) is 35.6 Å². The van der Waals surface area contributed by atoms with Gasteiger partial charge in [0.1, 0.15) is 22.9 Å². The Labute approximate surface area is 191 Å². The highest BCUT2D eigenvalue weighted by Gasteiger charge is 2.57. The molecule has 3 aliphatic rings. The van der Waals surface area contributed by atoms with Crippen molar-refractivity contribution >= 4 is 28.7 Å². The van der Waals surface area contributed by atoms with E-state index in [9.17, 15) is 9.59 Å². The summed E-state index contributed by atoms with van der Waals surface area (Å²) in [4.78, 5) is 43.9. The number of piperidine rings is 1. The molecule has 33 heavy (non-hydrogen) atoms. The number of nitrogens with one attached hydrogen (secondary N) is 1. The molecular formula is C24H26N6O3. The number of rotatable bonds is 2. The highest BCUT2D eigenvalue weighted by molar-refractivity contribution is 5.98. The summed E-state index contributed by atoms with van der Waals surface area (Å²) < 4.78 is 6.01. The van der Waals surface area contributed by atoms with E-state index in [1.54, 1.807) is 6.20 Å². The van der Waals surface area contributed by atoms with Crippen LogP contribution in [0, 0.1) is 6.92 Å². The summed E-state index contributed by atoms with van der Waals surface area (Å²) in [5.41, 5.74) is 0.954. The largest absolute Gasteiger partial charge is 0.440 e. The Morgan fingerprint density at radius 3 is 2.76 bits per heavy atom. The molecule has 3 saturated heterocycles. The highest BCUT2D eigenvalue weighted by atomic mass is 16.6. The van der Waals surface area contributed by atoms with Gasteiger partial charge in [-0.1, -0.05) is 18.2 Å². The Hall–Kier alpha value is -3.62.